The number of carbonyl (C=O) groups is 2. The van der Waals surface area contributed by atoms with Gasteiger partial charge in [-0.05, 0) is 48.4 Å². The quantitative estimate of drug-likeness (QED) is 0.773. The van der Waals surface area contributed by atoms with Crippen molar-refractivity contribution in [1.82, 2.24) is 5.32 Å². The van der Waals surface area contributed by atoms with E-state index in [0.717, 1.165) is 12.8 Å². The Morgan fingerprint density at radius 2 is 1.85 bits per heavy atom. The molecule has 1 aliphatic carbocycles. The maximum absolute atomic E-state index is 11.8. The molecule has 0 atom stereocenters. The molecule has 2 rings (SSSR count). The van der Waals surface area contributed by atoms with Crippen molar-refractivity contribution in [3.63, 3.8) is 0 Å². The molecule has 0 saturated heterocycles. The third-order valence-electron chi connectivity index (χ3n) is 4.11. The molecule has 0 spiro atoms. The Hall–Kier alpha value is -2.04. The highest BCUT2D eigenvalue weighted by molar-refractivity contribution is 5.91. The number of carboxylic acid groups (broad SMARTS) is 1. The van der Waals surface area contributed by atoms with Crippen molar-refractivity contribution in [1.29, 1.82) is 0 Å². The van der Waals surface area contributed by atoms with Gasteiger partial charge in [0.2, 0.25) is 0 Å². The van der Waals surface area contributed by atoms with E-state index in [1.54, 1.807) is 12.1 Å². The van der Waals surface area contributed by atoms with Crippen molar-refractivity contribution in [2.24, 2.45) is 11.3 Å². The molecule has 0 unspecified atom stereocenters. The number of urea groups is 1. The van der Waals surface area contributed by atoms with Gasteiger partial charge in [-0.1, -0.05) is 13.8 Å². The summed E-state index contributed by atoms with van der Waals surface area (Å²) in [7, 11) is 0. The van der Waals surface area contributed by atoms with Crippen LogP contribution in [0, 0.1) is 11.3 Å². The average molecular weight is 276 g/mol. The number of hydrogen-bond acceptors (Lipinski definition) is 2. The Balaban J connectivity index is 1.84. The number of nitrogens with one attached hydrogen (secondary N) is 2. The summed E-state index contributed by atoms with van der Waals surface area (Å²) in [5, 5.41) is 14.4. The predicted molar refractivity (Wildman–Crippen MR) is 76.9 cm³/mol. The van der Waals surface area contributed by atoms with Gasteiger partial charge in [-0.3, -0.25) is 0 Å². The SMILES string of the molecule is CC(C)C1(CNC(=O)Nc2ccc(C(=O)O)cc2)CC1. The molecule has 1 fully saturated rings. The Morgan fingerprint density at radius 1 is 1.25 bits per heavy atom. The first-order valence-corrected chi connectivity index (χ1v) is 6.81. The van der Waals surface area contributed by atoms with E-state index < -0.39 is 5.97 Å². The van der Waals surface area contributed by atoms with Gasteiger partial charge in [-0.25, -0.2) is 9.59 Å². The standard InChI is InChI=1S/C15H20N2O3/c1-10(2)15(7-8-15)9-16-14(20)17-12-5-3-11(4-6-12)13(18)19/h3-6,10H,7-9H2,1-2H3,(H,18,19)(H2,16,17,20). The molecule has 0 aliphatic heterocycles. The van der Waals surface area contributed by atoms with Gasteiger partial charge in [0.15, 0.2) is 0 Å². The molecule has 5 nitrogen and oxygen atoms in total. The van der Waals surface area contributed by atoms with E-state index in [9.17, 15) is 9.59 Å². The van der Waals surface area contributed by atoms with Gasteiger partial charge in [0.25, 0.3) is 0 Å². The molecule has 2 amide bonds. The Labute approximate surface area is 118 Å². The lowest BCUT2D eigenvalue weighted by Crippen LogP contribution is -2.35. The molecule has 0 heterocycles. The first-order valence-electron chi connectivity index (χ1n) is 6.81. The molecule has 1 aromatic rings. The number of amides is 2. The first-order chi connectivity index (χ1) is 9.43. The minimum atomic E-state index is -0.978. The van der Waals surface area contributed by atoms with E-state index in [2.05, 4.69) is 24.5 Å². The second-order valence-electron chi connectivity index (χ2n) is 5.71. The monoisotopic (exact) mass is 276 g/mol. The number of rotatable bonds is 5. The summed E-state index contributed by atoms with van der Waals surface area (Å²) in [6.07, 6.45) is 2.33. The van der Waals surface area contributed by atoms with Crippen LogP contribution in [0.4, 0.5) is 10.5 Å². The fraction of sp³-hybridized carbons (Fsp3) is 0.467. The Morgan fingerprint density at radius 3 is 2.30 bits per heavy atom. The molecule has 1 aliphatic rings. The number of hydrogen-bond donors (Lipinski definition) is 3. The van der Waals surface area contributed by atoms with Gasteiger partial charge in [0.1, 0.15) is 0 Å². The number of aromatic carboxylic acids is 1. The summed E-state index contributed by atoms with van der Waals surface area (Å²) in [5.41, 5.74) is 1.06. The zero-order chi connectivity index (χ0) is 14.8. The van der Waals surface area contributed by atoms with E-state index in [-0.39, 0.29) is 17.0 Å². The maximum Gasteiger partial charge on any atom is 0.335 e. The minimum absolute atomic E-state index is 0.202. The topological polar surface area (TPSA) is 78.4 Å². The largest absolute Gasteiger partial charge is 0.478 e. The normalized spacial score (nSPS) is 15.8. The van der Waals surface area contributed by atoms with Gasteiger partial charge >= 0.3 is 12.0 Å². The van der Waals surface area contributed by atoms with Crippen molar-refractivity contribution < 1.29 is 14.7 Å². The van der Waals surface area contributed by atoms with Crippen LogP contribution in [0.1, 0.15) is 37.0 Å². The fourth-order valence-electron chi connectivity index (χ4n) is 2.25. The summed E-state index contributed by atoms with van der Waals surface area (Å²) in [5.74, 6) is -0.411. The smallest absolute Gasteiger partial charge is 0.335 e. The van der Waals surface area contributed by atoms with Crippen LogP contribution >= 0.6 is 0 Å². The Bertz CT molecular complexity index is 504. The van der Waals surface area contributed by atoms with Crippen LogP contribution in [0.15, 0.2) is 24.3 Å². The summed E-state index contributed by atoms with van der Waals surface area (Å²) in [4.78, 5) is 22.5. The number of carbonyl (C=O) groups excluding carboxylic acids is 1. The number of benzene rings is 1. The van der Waals surface area contributed by atoms with Gasteiger partial charge in [-0.15, -0.1) is 0 Å². The Kier molecular flexibility index (Phi) is 3.97. The number of anilines is 1. The van der Waals surface area contributed by atoms with E-state index in [1.165, 1.54) is 12.1 Å². The maximum atomic E-state index is 11.8. The molecule has 3 N–H and O–H groups in total. The molecular formula is C15H20N2O3. The zero-order valence-corrected chi connectivity index (χ0v) is 11.8. The van der Waals surface area contributed by atoms with Crippen LogP contribution in [0.5, 0.6) is 0 Å². The van der Waals surface area contributed by atoms with Crippen molar-refractivity contribution >= 4 is 17.7 Å². The summed E-state index contributed by atoms with van der Waals surface area (Å²) >= 11 is 0. The average Bonchev–Trinajstić information content (AvgIpc) is 3.18. The third kappa shape index (κ3) is 3.29. The fourth-order valence-corrected chi connectivity index (χ4v) is 2.25. The molecule has 20 heavy (non-hydrogen) atoms. The summed E-state index contributed by atoms with van der Waals surface area (Å²) in [6.45, 7) is 5.04. The molecule has 0 radical (unpaired) electrons. The van der Waals surface area contributed by atoms with Gasteiger partial charge in [0, 0.05) is 12.2 Å². The molecule has 0 aromatic heterocycles. The van der Waals surface area contributed by atoms with Gasteiger partial charge < -0.3 is 15.7 Å². The lowest BCUT2D eigenvalue weighted by Gasteiger charge is -2.20. The molecule has 0 bridgehead atoms. The minimum Gasteiger partial charge on any atom is -0.478 e. The van der Waals surface area contributed by atoms with Crippen molar-refractivity contribution in [3.8, 4) is 0 Å². The van der Waals surface area contributed by atoms with E-state index in [4.69, 9.17) is 5.11 Å². The van der Waals surface area contributed by atoms with E-state index in [1.807, 2.05) is 0 Å². The predicted octanol–water partition coefficient (Wildman–Crippen LogP) is 2.94. The highest BCUT2D eigenvalue weighted by Gasteiger charge is 2.45. The van der Waals surface area contributed by atoms with Crippen molar-refractivity contribution in [3.05, 3.63) is 29.8 Å². The number of carboxylic acids is 1. The van der Waals surface area contributed by atoms with E-state index in [0.29, 0.717) is 18.2 Å². The van der Waals surface area contributed by atoms with Crippen LogP contribution in [0.2, 0.25) is 0 Å². The molecule has 1 aromatic carbocycles. The molecule has 1 saturated carbocycles. The summed E-state index contributed by atoms with van der Waals surface area (Å²) in [6, 6.07) is 5.85. The van der Waals surface area contributed by atoms with Crippen LogP contribution in [-0.2, 0) is 0 Å². The molecule has 5 heteroatoms. The van der Waals surface area contributed by atoms with Crippen LogP contribution in [0.25, 0.3) is 0 Å². The molecule has 108 valence electrons. The lowest BCUT2D eigenvalue weighted by molar-refractivity contribution is 0.0697. The lowest BCUT2D eigenvalue weighted by atomic mass is 9.92. The summed E-state index contributed by atoms with van der Waals surface area (Å²) < 4.78 is 0. The zero-order valence-electron chi connectivity index (χ0n) is 11.8. The van der Waals surface area contributed by atoms with Crippen LogP contribution in [-0.4, -0.2) is 23.7 Å². The van der Waals surface area contributed by atoms with Crippen molar-refractivity contribution in [2.75, 3.05) is 11.9 Å². The van der Waals surface area contributed by atoms with E-state index >= 15 is 0 Å². The second kappa shape index (κ2) is 5.53. The highest BCUT2D eigenvalue weighted by Crippen LogP contribution is 2.51. The first kappa shape index (κ1) is 14.4. The van der Waals surface area contributed by atoms with Gasteiger partial charge in [-0.2, -0.15) is 0 Å². The highest BCUT2D eigenvalue weighted by atomic mass is 16.4. The van der Waals surface area contributed by atoms with Gasteiger partial charge in [0.05, 0.1) is 5.56 Å². The van der Waals surface area contributed by atoms with Crippen LogP contribution < -0.4 is 10.6 Å². The second-order valence-corrected chi connectivity index (χ2v) is 5.71. The van der Waals surface area contributed by atoms with Crippen LogP contribution in [0.3, 0.4) is 0 Å². The third-order valence-corrected chi connectivity index (χ3v) is 4.11. The van der Waals surface area contributed by atoms with Crippen molar-refractivity contribution in [2.45, 2.75) is 26.7 Å². The molecular weight excluding hydrogens is 256 g/mol.